The van der Waals surface area contributed by atoms with Crippen LogP contribution in [0.25, 0.3) is 22.0 Å². The first-order valence-electron chi connectivity index (χ1n) is 14.2. The van der Waals surface area contributed by atoms with Crippen molar-refractivity contribution in [1.82, 2.24) is 19.7 Å². The normalized spacial score (nSPS) is 21.6. The first-order valence-corrected chi connectivity index (χ1v) is 14.2. The number of hydrogen-bond donors (Lipinski definition) is 0. The number of nitrogens with zero attached hydrogens (tertiary/aromatic N) is 4. The Morgan fingerprint density at radius 2 is 1.71 bits per heavy atom. The van der Waals surface area contributed by atoms with Crippen LogP contribution >= 0.6 is 0 Å². The highest BCUT2D eigenvalue weighted by molar-refractivity contribution is 5.88. The Kier molecular flexibility index (Phi) is 7.47. The van der Waals surface area contributed by atoms with Gasteiger partial charge in [-0.1, -0.05) is 30.3 Å². The van der Waals surface area contributed by atoms with E-state index >= 15 is 0 Å². The van der Waals surface area contributed by atoms with E-state index in [1.54, 1.807) is 0 Å². The Morgan fingerprint density at radius 3 is 2.50 bits per heavy atom. The molecule has 200 valence electrons. The van der Waals surface area contributed by atoms with Crippen molar-refractivity contribution in [3.63, 3.8) is 0 Å². The van der Waals surface area contributed by atoms with Crippen LogP contribution in [-0.2, 0) is 4.74 Å². The molecule has 3 aromatic rings. The number of benzene rings is 2. The smallest absolute Gasteiger partial charge is 0.321 e. The summed E-state index contributed by atoms with van der Waals surface area (Å²) in [6, 6.07) is 17.0. The van der Waals surface area contributed by atoms with E-state index in [4.69, 9.17) is 9.47 Å². The van der Waals surface area contributed by atoms with Crippen LogP contribution in [0.1, 0.15) is 37.7 Å². The number of piperidine rings is 2. The molecule has 0 radical (unpaired) electrons. The number of carbonyl (C=O) groups excluding carboxylic acids is 1. The molecule has 2 amide bonds. The van der Waals surface area contributed by atoms with Crippen molar-refractivity contribution in [3.8, 4) is 16.9 Å². The lowest BCUT2D eigenvalue weighted by Gasteiger charge is -2.46. The lowest BCUT2D eigenvalue weighted by molar-refractivity contribution is -0.0387. The Morgan fingerprint density at radius 1 is 0.921 bits per heavy atom. The number of likely N-dealkylation sites (tertiary alicyclic amines) is 2. The number of urea groups is 1. The van der Waals surface area contributed by atoms with Crippen LogP contribution in [0.5, 0.6) is 5.75 Å². The van der Waals surface area contributed by atoms with Gasteiger partial charge in [0.25, 0.3) is 0 Å². The van der Waals surface area contributed by atoms with E-state index in [2.05, 4.69) is 64.2 Å². The fourth-order valence-corrected chi connectivity index (χ4v) is 6.25. The van der Waals surface area contributed by atoms with Crippen LogP contribution in [0.4, 0.5) is 4.79 Å². The standard InChI is InChI=1S/C31H38N4O3/c1-23-28(12-9-25-5-4-15-32-30(23)25)24-7-10-26(11-8-24)38-27-13-17-34(18-14-27)31(36)35-16-3-2-6-29(35)33-19-21-37-22-20-33/h4-5,7-12,15,27,29H,2-3,6,13-14,16-22H2,1H3. The van der Waals surface area contributed by atoms with Crippen LogP contribution in [-0.4, -0.2) is 83.9 Å². The molecule has 1 unspecified atom stereocenters. The Hall–Kier alpha value is -3.16. The summed E-state index contributed by atoms with van der Waals surface area (Å²) in [4.78, 5) is 24.7. The SMILES string of the molecule is Cc1c(-c2ccc(OC3CCN(C(=O)N4CCCCC4N4CCOCC4)CC3)cc2)ccc2cccnc12. The summed E-state index contributed by atoms with van der Waals surface area (Å²) in [6.07, 6.45) is 7.27. The fourth-order valence-electron chi connectivity index (χ4n) is 6.25. The summed E-state index contributed by atoms with van der Waals surface area (Å²) < 4.78 is 11.9. The monoisotopic (exact) mass is 514 g/mol. The molecule has 3 fully saturated rings. The minimum Gasteiger partial charge on any atom is -0.490 e. The second-order valence-electron chi connectivity index (χ2n) is 10.7. The molecule has 6 rings (SSSR count). The van der Waals surface area contributed by atoms with Gasteiger partial charge >= 0.3 is 6.03 Å². The number of pyridine rings is 1. The molecular formula is C31H38N4O3. The highest BCUT2D eigenvalue weighted by Crippen LogP contribution is 2.31. The van der Waals surface area contributed by atoms with Gasteiger partial charge in [-0.25, -0.2) is 4.79 Å². The zero-order chi connectivity index (χ0) is 25.9. The topological polar surface area (TPSA) is 58.1 Å². The molecule has 2 aromatic carbocycles. The second-order valence-corrected chi connectivity index (χ2v) is 10.7. The molecule has 7 heteroatoms. The van der Waals surface area contributed by atoms with Crippen LogP contribution in [0.3, 0.4) is 0 Å². The average molecular weight is 515 g/mol. The first-order chi connectivity index (χ1) is 18.7. The van der Waals surface area contributed by atoms with Gasteiger partial charge in [0.05, 0.1) is 24.9 Å². The van der Waals surface area contributed by atoms with Gasteiger partial charge in [0.15, 0.2) is 0 Å². The van der Waals surface area contributed by atoms with Crippen molar-refractivity contribution in [3.05, 3.63) is 60.3 Å². The van der Waals surface area contributed by atoms with Gasteiger partial charge in [0.1, 0.15) is 11.9 Å². The van der Waals surface area contributed by atoms with E-state index in [-0.39, 0.29) is 18.3 Å². The zero-order valence-corrected chi connectivity index (χ0v) is 22.3. The van der Waals surface area contributed by atoms with E-state index in [9.17, 15) is 4.79 Å². The number of carbonyl (C=O) groups is 1. The van der Waals surface area contributed by atoms with Gasteiger partial charge in [-0.2, -0.15) is 0 Å². The minimum absolute atomic E-state index is 0.132. The van der Waals surface area contributed by atoms with Crippen molar-refractivity contribution in [1.29, 1.82) is 0 Å². The van der Waals surface area contributed by atoms with Gasteiger partial charge in [0.2, 0.25) is 0 Å². The predicted octanol–water partition coefficient (Wildman–Crippen LogP) is 5.32. The van der Waals surface area contributed by atoms with Crippen molar-refractivity contribution in [2.75, 3.05) is 45.9 Å². The highest BCUT2D eigenvalue weighted by Gasteiger charge is 2.35. The number of hydrogen-bond acceptors (Lipinski definition) is 5. The molecule has 1 atom stereocenters. The Labute approximate surface area is 225 Å². The molecule has 0 saturated carbocycles. The van der Waals surface area contributed by atoms with E-state index in [0.29, 0.717) is 0 Å². The summed E-state index contributed by atoms with van der Waals surface area (Å²) in [5, 5.41) is 1.16. The highest BCUT2D eigenvalue weighted by atomic mass is 16.5. The third kappa shape index (κ3) is 5.22. The van der Waals surface area contributed by atoms with Gasteiger partial charge in [-0.05, 0) is 61.1 Å². The van der Waals surface area contributed by atoms with Crippen molar-refractivity contribution in [2.24, 2.45) is 0 Å². The molecule has 3 aliphatic heterocycles. The van der Waals surface area contributed by atoms with Gasteiger partial charge in [0, 0.05) is 57.1 Å². The summed E-state index contributed by atoms with van der Waals surface area (Å²) in [5.74, 6) is 0.888. The number of fused-ring (bicyclic) bond motifs is 1. The number of aryl methyl sites for hydroxylation is 1. The third-order valence-corrected chi connectivity index (χ3v) is 8.39. The Bertz CT molecular complexity index is 1250. The molecule has 0 spiro atoms. The number of aromatic nitrogens is 1. The Balaban J connectivity index is 1.05. The maximum atomic E-state index is 13.5. The van der Waals surface area contributed by atoms with E-state index < -0.39 is 0 Å². The van der Waals surface area contributed by atoms with Gasteiger partial charge < -0.3 is 19.3 Å². The van der Waals surface area contributed by atoms with Crippen LogP contribution in [0, 0.1) is 6.92 Å². The minimum atomic E-state index is 0.132. The summed E-state index contributed by atoms with van der Waals surface area (Å²) in [6.45, 7) is 7.85. The van der Waals surface area contributed by atoms with E-state index in [0.717, 1.165) is 88.3 Å². The summed E-state index contributed by atoms with van der Waals surface area (Å²) in [7, 11) is 0. The molecule has 0 aliphatic carbocycles. The van der Waals surface area contributed by atoms with Gasteiger partial charge in [-0.3, -0.25) is 9.88 Å². The number of rotatable bonds is 4. The lowest BCUT2D eigenvalue weighted by Crippen LogP contribution is -2.59. The van der Waals surface area contributed by atoms with Gasteiger partial charge in [-0.15, -0.1) is 0 Å². The summed E-state index contributed by atoms with van der Waals surface area (Å²) >= 11 is 0. The molecule has 3 aliphatic rings. The van der Waals surface area contributed by atoms with Crippen LogP contribution in [0.15, 0.2) is 54.7 Å². The van der Waals surface area contributed by atoms with Crippen molar-refractivity contribution in [2.45, 2.75) is 51.3 Å². The molecule has 38 heavy (non-hydrogen) atoms. The number of amides is 2. The molecule has 4 heterocycles. The molecular weight excluding hydrogens is 476 g/mol. The van der Waals surface area contributed by atoms with Crippen LogP contribution < -0.4 is 4.74 Å². The summed E-state index contributed by atoms with van der Waals surface area (Å²) in [5.41, 5.74) is 4.60. The van der Waals surface area contributed by atoms with E-state index in [1.165, 1.54) is 23.1 Å². The molecule has 3 saturated heterocycles. The predicted molar refractivity (Wildman–Crippen MR) is 149 cm³/mol. The third-order valence-electron chi connectivity index (χ3n) is 8.39. The van der Waals surface area contributed by atoms with Crippen molar-refractivity contribution >= 4 is 16.9 Å². The maximum Gasteiger partial charge on any atom is 0.321 e. The lowest BCUT2D eigenvalue weighted by atomic mass is 9.98. The average Bonchev–Trinajstić information content (AvgIpc) is 2.98. The maximum absolute atomic E-state index is 13.5. The first kappa shape index (κ1) is 25.1. The fraction of sp³-hybridized carbons (Fsp3) is 0.484. The molecule has 1 aromatic heterocycles. The second kappa shape index (κ2) is 11.3. The molecule has 7 nitrogen and oxygen atoms in total. The number of ether oxygens (including phenoxy) is 2. The quantitative estimate of drug-likeness (QED) is 0.472. The molecule has 0 N–H and O–H groups in total. The van der Waals surface area contributed by atoms with Crippen molar-refractivity contribution < 1.29 is 14.3 Å². The zero-order valence-electron chi connectivity index (χ0n) is 22.3. The largest absolute Gasteiger partial charge is 0.490 e. The number of morpholine rings is 1. The van der Waals surface area contributed by atoms with Crippen LogP contribution in [0.2, 0.25) is 0 Å². The van der Waals surface area contributed by atoms with E-state index in [1.807, 2.05) is 17.2 Å². The molecule has 0 bridgehead atoms.